The number of H-pyrrole nitrogens is 1. The number of imidazole rings is 1. The number of benzene rings is 1. The second-order valence-electron chi connectivity index (χ2n) is 5.92. The van der Waals surface area contributed by atoms with Crippen molar-refractivity contribution in [3.8, 4) is 11.4 Å². The molecule has 0 atom stereocenters. The molecule has 5 nitrogen and oxygen atoms in total. The molecule has 0 aliphatic carbocycles. The van der Waals surface area contributed by atoms with Gasteiger partial charge in [0.1, 0.15) is 5.82 Å². The van der Waals surface area contributed by atoms with Gasteiger partial charge in [0.25, 0.3) is 0 Å². The molecule has 1 aliphatic rings. The first-order valence-corrected chi connectivity index (χ1v) is 8.21. The van der Waals surface area contributed by atoms with Crippen LogP contribution in [0.3, 0.4) is 0 Å². The second kappa shape index (κ2) is 6.01. The predicted octanol–water partition coefficient (Wildman–Crippen LogP) is 2.77. The van der Waals surface area contributed by atoms with Crippen molar-refractivity contribution >= 4 is 16.7 Å². The van der Waals surface area contributed by atoms with Gasteiger partial charge in [-0.1, -0.05) is 19.1 Å². The molecule has 1 N–H and O–H groups in total. The number of pyridine rings is 1. The van der Waals surface area contributed by atoms with Crippen molar-refractivity contribution in [2.24, 2.45) is 0 Å². The zero-order valence-corrected chi connectivity index (χ0v) is 13.4. The van der Waals surface area contributed by atoms with E-state index in [4.69, 9.17) is 4.98 Å². The van der Waals surface area contributed by atoms with E-state index in [0.717, 1.165) is 55.1 Å². The van der Waals surface area contributed by atoms with Crippen LogP contribution in [0.5, 0.6) is 0 Å². The number of hydrogen-bond acceptors (Lipinski definition) is 4. The molecule has 1 saturated heterocycles. The van der Waals surface area contributed by atoms with E-state index in [-0.39, 0.29) is 0 Å². The Hall–Kier alpha value is -2.40. The van der Waals surface area contributed by atoms with Crippen LogP contribution in [0.15, 0.2) is 42.7 Å². The summed E-state index contributed by atoms with van der Waals surface area (Å²) in [5, 5.41) is 0. The highest BCUT2D eigenvalue weighted by molar-refractivity contribution is 5.82. The largest absolute Gasteiger partial charge is 0.368 e. The third-order valence-electron chi connectivity index (χ3n) is 4.60. The predicted molar refractivity (Wildman–Crippen MR) is 93.7 cm³/mol. The van der Waals surface area contributed by atoms with Crippen molar-refractivity contribution in [1.82, 2.24) is 19.9 Å². The van der Waals surface area contributed by atoms with Gasteiger partial charge >= 0.3 is 0 Å². The molecule has 0 unspecified atom stereocenters. The van der Waals surface area contributed by atoms with Crippen LogP contribution in [0, 0.1) is 0 Å². The SMILES string of the molecule is CCN1CCN(c2ccncc2-c2nc3ccccc3[nH]2)CC1. The van der Waals surface area contributed by atoms with E-state index in [1.807, 2.05) is 30.6 Å². The Bertz CT molecular complexity index is 769. The van der Waals surface area contributed by atoms with Crippen molar-refractivity contribution in [3.63, 3.8) is 0 Å². The first kappa shape index (κ1) is 14.2. The lowest BCUT2D eigenvalue weighted by molar-refractivity contribution is 0.271. The summed E-state index contributed by atoms with van der Waals surface area (Å²) < 4.78 is 0. The van der Waals surface area contributed by atoms with Gasteiger partial charge in [-0.3, -0.25) is 4.98 Å². The Morgan fingerprint density at radius 3 is 2.70 bits per heavy atom. The summed E-state index contributed by atoms with van der Waals surface area (Å²) in [5.74, 6) is 0.896. The van der Waals surface area contributed by atoms with E-state index >= 15 is 0 Å². The highest BCUT2D eigenvalue weighted by Crippen LogP contribution is 2.30. The van der Waals surface area contributed by atoms with Crippen molar-refractivity contribution in [1.29, 1.82) is 0 Å². The molecule has 3 heterocycles. The van der Waals surface area contributed by atoms with E-state index in [2.05, 4.69) is 38.8 Å². The molecule has 5 heteroatoms. The summed E-state index contributed by atoms with van der Waals surface area (Å²) >= 11 is 0. The van der Waals surface area contributed by atoms with Crippen LogP contribution in [-0.2, 0) is 0 Å². The number of hydrogen-bond donors (Lipinski definition) is 1. The van der Waals surface area contributed by atoms with Gasteiger partial charge in [0.15, 0.2) is 0 Å². The molecule has 1 aromatic carbocycles. The molecule has 2 aromatic heterocycles. The highest BCUT2D eigenvalue weighted by Gasteiger charge is 2.20. The number of nitrogens with one attached hydrogen (secondary N) is 1. The number of fused-ring (bicyclic) bond motifs is 1. The Morgan fingerprint density at radius 1 is 1.09 bits per heavy atom. The first-order valence-electron chi connectivity index (χ1n) is 8.21. The molecule has 118 valence electrons. The average Bonchev–Trinajstić information content (AvgIpc) is 3.06. The quantitative estimate of drug-likeness (QED) is 0.808. The minimum Gasteiger partial charge on any atom is -0.368 e. The van der Waals surface area contributed by atoms with Gasteiger partial charge in [0.05, 0.1) is 22.3 Å². The Morgan fingerprint density at radius 2 is 1.91 bits per heavy atom. The van der Waals surface area contributed by atoms with Crippen LogP contribution in [0.2, 0.25) is 0 Å². The second-order valence-corrected chi connectivity index (χ2v) is 5.92. The van der Waals surface area contributed by atoms with Crippen molar-refractivity contribution in [3.05, 3.63) is 42.7 Å². The lowest BCUT2D eigenvalue weighted by atomic mass is 10.1. The summed E-state index contributed by atoms with van der Waals surface area (Å²) in [7, 11) is 0. The third-order valence-corrected chi connectivity index (χ3v) is 4.60. The number of rotatable bonds is 3. The lowest BCUT2D eigenvalue weighted by Gasteiger charge is -2.36. The van der Waals surface area contributed by atoms with E-state index in [9.17, 15) is 0 Å². The molecule has 3 aromatic rings. The van der Waals surface area contributed by atoms with Gasteiger partial charge in [0.2, 0.25) is 0 Å². The summed E-state index contributed by atoms with van der Waals surface area (Å²) in [6.07, 6.45) is 3.78. The Labute approximate surface area is 136 Å². The van der Waals surface area contributed by atoms with Crippen molar-refractivity contribution in [2.75, 3.05) is 37.6 Å². The highest BCUT2D eigenvalue weighted by atomic mass is 15.3. The van der Waals surface area contributed by atoms with Crippen molar-refractivity contribution < 1.29 is 0 Å². The molecular weight excluding hydrogens is 286 g/mol. The molecule has 1 fully saturated rings. The third kappa shape index (κ3) is 2.68. The zero-order chi connectivity index (χ0) is 15.6. The van der Waals surface area contributed by atoms with Gasteiger partial charge in [0, 0.05) is 38.6 Å². The number of anilines is 1. The van der Waals surface area contributed by atoms with E-state index < -0.39 is 0 Å². The van der Waals surface area contributed by atoms with Gasteiger partial charge in [-0.15, -0.1) is 0 Å². The number of para-hydroxylation sites is 2. The maximum atomic E-state index is 4.74. The monoisotopic (exact) mass is 307 g/mol. The molecular formula is C18H21N5. The van der Waals surface area contributed by atoms with Gasteiger partial charge in [-0.2, -0.15) is 0 Å². The number of aromatic nitrogens is 3. The molecule has 1 aliphatic heterocycles. The fourth-order valence-electron chi connectivity index (χ4n) is 3.23. The first-order chi connectivity index (χ1) is 11.3. The minimum atomic E-state index is 0.896. The number of aromatic amines is 1. The zero-order valence-electron chi connectivity index (χ0n) is 13.4. The molecule has 0 amide bonds. The topological polar surface area (TPSA) is 48.1 Å². The molecule has 0 radical (unpaired) electrons. The molecule has 0 bridgehead atoms. The molecule has 0 saturated carbocycles. The normalized spacial score (nSPS) is 16.1. The minimum absolute atomic E-state index is 0.896. The molecule has 23 heavy (non-hydrogen) atoms. The Kier molecular flexibility index (Phi) is 3.71. The number of nitrogens with zero attached hydrogens (tertiary/aromatic N) is 4. The average molecular weight is 307 g/mol. The van der Waals surface area contributed by atoms with Crippen molar-refractivity contribution in [2.45, 2.75) is 6.92 Å². The molecule has 0 spiro atoms. The van der Waals surface area contributed by atoms with E-state index in [0.29, 0.717) is 0 Å². The van der Waals surface area contributed by atoms with Crippen LogP contribution < -0.4 is 4.90 Å². The summed E-state index contributed by atoms with van der Waals surface area (Å²) in [4.78, 5) is 17.4. The van der Waals surface area contributed by atoms with Crippen LogP contribution in [0.4, 0.5) is 5.69 Å². The fraction of sp³-hybridized carbons (Fsp3) is 0.333. The van der Waals surface area contributed by atoms with Gasteiger partial charge in [-0.25, -0.2) is 4.98 Å². The van der Waals surface area contributed by atoms with Crippen LogP contribution >= 0.6 is 0 Å². The lowest BCUT2D eigenvalue weighted by Crippen LogP contribution is -2.46. The van der Waals surface area contributed by atoms with E-state index in [1.54, 1.807) is 0 Å². The summed E-state index contributed by atoms with van der Waals surface area (Å²) in [6.45, 7) is 7.66. The fourth-order valence-corrected chi connectivity index (χ4v) is 3.23. The molecule has 4 rings (SSSR count). The summed E-state index contributed by atoms with van der Waals surface area (Å²) in [5.41, 5.74) is 4.35. The number of likely N-dealkylation sites (N-methyl/N-ethyl adjacent to an activating group) is 1. The van der Waals surface area contributed by atoms with Crippen LogP contribution in [-0.4, -0.2) is 52.6 Å². The van der Waals surface area contributed by atoms with Crippen LogP contribution in [0.1, 0.15) is 6.92 Å². The number of piperazine rings is 1. The standard InChI is InChI=1S/C18H21N5/c1-2-22-9-11-23(12-10-22)17-7-8-19-13-14(17)18-20-15-5-3-4-6-16(15)21-18/h3-8,13H,2,9-12H2,1H3,(H,20,21). The summed E-state index contributed by atoms with van der Waals surface area (Å²) in [6, 6.07) is 10.2. The Balaban J connectivity index is 1.69. The smallest absolute Gasteiger partial charge is 0.142 e. The maximum Gasteiger partial charge on any atom is 0.142 e. The van der Waals surface area contributed by atoms with Gasteiger partial charge in [-0.05, 0) is 24.7 Å². The maximum absolute atomic E-state index is 4.74. The van der Waals surface area contributed by atoms with E-state index in [1.165, 1.54) is 5.69 Å². The van der Waals surface area contributed by atoms with Gasteiger partial charge < -0.3 is 14.8 Å². The van der Waals surface area contributed by atoms with Crippen LogP contribution in [0.25, 0.3) is 22.4 Å².